The smallest absolute Gasteiger partial charge is 0.176 e. The number of pyridine rings is 1. The topological polar surface area (TPSA) is 66.4 Å². The second-order valence-corrected chi connectivity index (χ2v) is 7.91. The lowest BCUT2D eigenvalue weighted by atomic mass is 9.77. The molecule has 1 unspecified atom stereocenters. The van der Waals surface area contributed by atoms with E-state index < -0.39 is 0 Å². The summed E-state index contributed by atoms with van der Waals surface area (Å²) < 4.78 is 5.34. The molecular weight excluding hydrogens is 386 g/mol. The summed E-state index contributed by atoms with van der Waals surface area (Å²) in [6.07, 6.45) is 4.76. The summed E-state index contributed by atoms with van der Waals surface area (Å²) in [5, 5.41) is 18.6. The highest BCUT2D eigenvalue weighted by Crippen LogP contribution is 2.42. The predicted octanol–water partition coefficient (Wildman–Crippen LogP) is 4.74. The van der Waals surface area contributed by atoms with Gasteiger partial charge in [0, 0.05) is 35.7 Å². The third-order valence-electron chi connectivity index (χ3n) is 5.87. The van der Waals surface area contributed by atoms with Gasteiger partial charge in [-0.3, -0.25) is 4.98 Å². The number of para-hydroxylation sites is 1. The molecular formula is C23H25ClN3O2. The number of aromatic hydroxyl groups is 1. The number of ether oxygens (including phenoxy) is 1. The molecule has 151 valence electrons. The number of phenolic OH excluding ortho intramolecular Hbond substituents is 1. The minimum atomic E-state index is -0.0168. The van der Waals surface area contributed by atoms with Gasteiger partial charge in [-0.15, -0.1) is 0 Å². The van der Waals surface area contributed by atoms with Crippen LogP contribution in [-0.4, -0.2) is 36.3 Å². The molecule has 1 aliphatic carbocycles. The average molecular weight is 411 g/mol. The number of hydrogen-bond acceptors (Lipinski definition) is 5. The molecule has 4 rings (SSSR count). The third kappa shape index (κ3) is 3.98. The zero-order valence-electron chi connectivity index (χ0n) is 16.6. The van der Waals surface area contributed by atoms with Crippen molar-refractivity contribution in [3.8, 4) is 11.5 Å². The van der Waals surface area contributed by atoms with Crippen LogP contribution in [0.15, 0.2) is 42.6 Å². The van der Waals surface area contributed by atoms with Crippen LogP contribution in [0.2, 0.25) is 5.02 Å². The second-order valence-electron chi connectivity index (χ2n) is 7.50. The SMILES string of the molecule is CN[C@@H]1CC[C@@H](Nc2[c]cnc3ccccc23)C(c2cc(Cl)c(O)c(OC)c2)C1. The van der Waals surface area contributed by atoms with Gasteiger partial charge in [-0.25, -0.2) is 0 Å². The molecule has 1 aliphatic rings. The normalized spacial score (nSPS) is 21.8. The van der Waals surface area contributed by atoms with Crippen LogP contribution in [0.3, 0.4) is 0 Å². The average Bonchev–Trinajstić information content (AvgIpc) is 2.76. The van der Waals surface area contributed by atoms with E-state index in [1.54, 1.807) is 13.3 Å². The van der Waals surface area contributed by atoms with Crippen LogP contribution < -0.4 is 15.4 Å². The molecule has 1 saturated carbocycles. The molecule has 3 N–H and O–H groups in total. The van der Waals surface area contributed by atoms with E-state index in [2.05, 4.69) is 27.8 Å². The molecule has 0 amide bonds. The van der Waals surface area contributed by atoms with E-state index in [0.717, 1.165) is 41.4 Å². The van der Waals surface area contributed by atoms with E-state index in [9.17, 15) is 5.11 Å². The Labute approximate surface area is 176 Å². The van der Waals surface area contributed by atoms with Gasteiger partial charge in [-0.05, 0) is 50.1 Å². The maximum absolute atomic E-state index is 10.1. The van der Waals surface area contributed by atoms with Crippen molar-refractivity contribution in [3.05, 3.63) is 59.2 Å². The lowest BCUT2D eigenvalue weighted by Crippen LogP contribution is -2.40. The Kier molecular flexibility index (Phi) is 5.79. The van der Waals surface area contributed by atoms with Gasteiger partial charge in [0.1, 0.15) is 0 Å². The number of nitrogens with zero attached hydrogens (tertiary/aromatic N) is 1. The van der Waals surface area contributed by atoms with Crippen molar-refractivity contribution in [3.63, 3.8) is 0 Å². The molecule has 1 radical (unpaired) electrons. The molecule has 1 heterocycles. The Bertz CT molecular complexity index is 1010. The van der Waals surface area contributed by atoms with E-state index in [4.69, 9.17) is 16.3 Å². The fourth-order valence-electron chi connectivity index (χ4n) is 4.28. The summed E-state index contributed by atoms with van der Waals surface area (Å²) in [6.45, 7) is 0. The number of anilines is 1. The van der Waals surface area contributed by atoms with Crippen molar-refractivity contribution in [2.75, 3.05) is 19.5 Å². The van der Waals surface area contributed by atoms with Gasteiger partial charge in [-0.1, -0.05) is 29.8 Å². The van der Waals surface area contributed by atoms with Gasteiger partial charge < -0.3 is 20.5 Å². The number of benzene rings is 2. The zero-order chi connectivity index (χ0) is 20.4. The molecule has 3 atom stereocenters. The van der Waals surface area contributed by atoms with E-state index in [1.807, 2.05) is 37.4 Å². The Hall–Kier alpha value is -2.50. The summed E-state index contributed by atoms with van der Waals surface area (Å²) in [5.41, 5.74) is 2.97. The summed E-state index contributed by atoms with van der Waals surface area (Å²) in [6, 6.07) is 15.7. The first kappa shape index (κ1) is 19.8. The maximum atomic E-state index is 10.1. The number of nitrogens with one attached hydrogen (secondary N) is 2. The van der Waals surface area contributed by atoms with Crippen molar-refractivity contribution in [2.24, 2.45) is 0 Å². The van der Waals surface area contributed by atoms with Crippen molar-refractivity contribution in [1.29, 1.82) is 0 Å². The first-order chi connectivity index (χ1) is 14.1. The molecule has 29 heavy (non-hydrogen) atoms. The third-order valence-corrected chi connectivity index (χ3v) is 6.16. The van der Waals surface area contributed by atoms with Gasteiger partial charge in [0.25, 0.3) is 0 Å². The van der Waals surface area contributed by atoms with Crippen LogP contribution in [0.25, 0.3) is 10.9 Å². The van der Waals surface area contributed by atoms with E-state index >= 15 is 0 Å². The summed E-state index contributed by atoms with van der Waals surface area (Å²) in [7, 11) is 3.55. The van der Waals surface area contributed by atoms with Gasteiger partial charge in [-0.2, -0.15) is 0 Å². The second kappa shape index (κ2) is 8.47. The number of rotatable bonds is 5. The van der Waals surface area contributed by atoms with Crippen LogP contribution in [0.4, 0.5) is 5.69 Å². The number of hydrogen-bond donors (Lipinski definition) is 3. The first-order valence-corrected chi connectivity index (χ1v) is 10.2. The maximum Gasteiger partial charge on any atom is 0.176 e. The fraction of sp³-hybridized carbons (Fsp3) is 0.348. The molecule has 0 bridgehead atoms. The van der Waals surface area contributed by atoms with Crippen molar-refractivity contribution < 1.29 is 9.84 Å². The van der Waals surface area contributed by atoms with E-state index in [0.29, 0.717) is 16.8 Å². The standard InChI is InChI=1S/C23H25ClN3O2/c1-25-15-7-8-20(27-21-9-10-26-19-6-4-3-5-16(19)21)17(13-15)14-11-18(24)23(28)22(12-14)29-2/h3-6,10-12,15,17,20,25,28H,7-8,13H2,1-2H3,(H,26,27)/t15-,17?,20-/m1/s1. The number of halogens is 1. The minimum absolute atomic E-state index is 0.0168. The molecule has 1 aromatic heterocycles. The largest absolute Gasteiger partial charge is 0.503 e. The van der Waals surface area contributed by atoms with Crippen LogP contribution >= 0.6 is 11.6 Å². The van der Waals surface area contributed by atoms with Gasteiger partial charge in [0.2, 0.25) is 0 Å². The Morgan fingerprint density at radius 3 is 2.86 bits per heavy atom. The highest BCUT2D eigenvalue weighted by Gasteiger charge is 2.32. The molecule has 0 spiro atoms. The summed E-state index contributed by atoms with van der Waals surface area (Å²) >= 11 is 6.29. The van der Waals surface area contributed by atoms with Gasteiger partial charge in [0.15, 0.2) is 11.5 Å². The van der Waals surface area contributed by atoms with Crippen molar-refractivity contribution in [1.82, 2.24) is 10.3 Å². The summed E-state index contributed by atoms with van der Waals surface area (Å²) in [5.74, 6) is 0.587. The monoisotopic (exact) mass is 410 g/mol. The highest BCUT2D eigenvalue weighted by atomic mass is 35.5. The number of phenols is 1. The zero-order valence-corrected chi connectivity index (χ0v) is 17.3. The van der Waals surface area contributed by atoms with Crippen molar-refractivity contribution >= 4 is 28.2 Å². The van der Waals surface area contributed by atoms with Crippen molar-refractivity contribution in [2.45, 2.75) is 37.3 Å². The van der Waals surface area contributed by atoms with E-state index in [-0.39, 0.29) is 17.7 Å². The Morgan fingerprint density at radius 2 is 2.07 bits per heavy atom. The number of aromatic nitrogens is 1. The van der Waals surface area contributed by atoms with Gasteiger partial charge in [0.05, 0.1) is 23.3 Å². The van der Waals surface area contributed by atoms with Gasteiger partial charge >= 0.3 is 0 Å². The molecule has 1 fully saturated rings. The Morgan fingerprint density at radius 1 is 1.24 bits per heavy atom. The minimum Gasteiger partial charge on any atom is -0.503 e. The van der Waals surface area contributed by atoms with E-state index in [1.165, 1.54) is 0 Å². The number of fused-ring (bicyclic) bond motifs is 1. The first-order valence-electron chi connectivity index (χ1n) is 9.86. The molecule has 3 aromatic rings. The molecule has 6 heteroatoms. The summed E-state index contributed by atoms with van der Waals surface area (Å²) in [4.78, 5) is 4.41. The molecule has 2 aromatic carbocycles. The lowest BCUT2D eigenvalue weighted by Gasteiger charge is -2.38. The highest BCUT2D eigenvalue weighted by molar-refractivity contribution is 6.32. The quantitative estimate of drug-likeness (QED) is 0.567. The van der Waals surface area contributed by atoms with Crippen LogP contribution in [-0.2, 0) is 0 Å². The Balaban J connectivity index is 1.70. The molecule has 0 saturated heterocycles. The van der Waals surface area contributed by atoms with Crippen LogP contribution in [0.1, 0.15) is 30.7 Å². The molecule has 5 nitrogen and oxygen atoms in total. The molecule has 0 aliphatic heterocycles. The number of methoxy groups -OCH3 is 1. The van der Waals surface area contributed by atoms with Crippen LogP contribution in [0.5, 0.6) is 11.5 Å². The van der Waals surface area contributed by atoms with Crippen LogP contribution in [0, 0.1) is 6.07 Å². The lowest BCUT2D eigenvalue weighted by molar-refractivity contribution is 0.329. The predicted molar refractivity (Wildman–Crippen MR) is 117 cm³/mol. The fourth-order valence-corrected chi connectivity index (χ4v) is 4.50.